The zero-order chi connectivity index (χ0) is 22.3. The fraction of sp³-hybridized carbons (Fsp3) is 0.200. The van der Waals surface area contributed by atoms with Crippen LogP contribution >= 0.6 is 11.6 Å². The van der Waals surface area contributed by atoms with Crippen molar-refractivity contribution in [1.82, 2.24) is 9.88 Å². The molecule has 1 saturated heterocycles. The summed E-state index contributed by atoms with van der Waals surface area (Å²) in [5.41, 5.74) is 6.00. The van der Waals surface area contributed by atoms with Crippen molar-refractivity contribution in [2.24, 2.45) is 0 Å². The Morgan fingerprint density at radius 1 is 0.935 bits per heavy atom. The Morgan fingerprint density at radius 2 is 1.55 bits per heavy atom. The third-order valence-electron chi connectivity index (χ3n) is 5.55. The van der Waals surface area contributed by atoms with Crippen molar-refractivity contribution in [2.75, 3.05) is 4.90 Å². The molecule has 1 aliphatic rings. The molecule has 0 atom stereocenters. The number of nitrogens with zero attached hydrogens (tertiary/aromatic N) is 2. The fourth-order valence-electron chi connectivity index (χ4n) is 3.85. The molecule has 5 nitrogen and oxygen atoms in total. The molecule has 3 amide bonds. The minimum atomic E-state index is -0.475. The average molecular weight is 434 g/mol. The molecule has 0 saturated carbocycles. The molecule has 1 fully saturated rings. The van der Waals surface area contributed by atoms with Gasteiger partial charge in [0.25, 0.3) is 5.91 Å². The van der Waals surface area contributed by atoms with Gasteiger partial charge in [-0.2, -0.15) is 0 Å². The highest BCUT2D eigenvalue weighted by Gasteiger charge is 2.35. The Balaban J connectivity index is 1.66. The molecule has 0 aliphatic carbocycles. The van der Waals surface area contributed by atoms with Crippen molar-refractivity contribution in [3.05, 3.63) is 87.8 Å². The van der Waals surface area contributed by atoms with Crippen LogP contribution in [0.3, 0.4) is 0 Å². The monoisotopic (exact) mass is 433 g/mol. The van der Waals surface area contributed by atoms with E-state index in [0.29, 0.717) is 16.6 Å². The molecule has 1 aromatic heterocycles. The minimum Gasteiger partial charge on any atom is -0.318 e. The normalized spacial score (nSPS) is 15.3. The van der Waals surface area contributed by atoms with E-state index >= 15 is 0 Å². The van der Waals surface area contributed by atoms with Crippen molar-refractivity contribution in [3.8, 4) is 5.69 Å². The summed E-state index contributed by atoms with van der Waals surface area (Å²) in [7, 11) is 0. The lowest BCUT2D eigenvalue weighted by atomic mass is 10.0. The van der Waals surface area contributed by atoms with Gasteiger partial charge in [0.05, 0.1) is 5.69 Å². The van der Waals surface area contributed by atoms with Crippen LogP contribution in [0.5, 0.6) is 0 Å². The maximum Gasteiger partial charge on any atom is 0.333 e. The zero-order valence-corrected chi connectivity index (χ0v) is 18.7. The maximum absolute atomic E-state index is 12.9. The highest BCUT2D eigenvalue weighted by molar-refractivity contribution is 6.31. The number of urea groups is 1. The predicted molar refractivity (Wildman–Crippen MR) is 125 cm³/mol. The first-order valence-corrected chi connectivity index (χ1v) is 10.6. The van der Waals surface area contributed by atoms with Crippen LogP contribution in [0.1, 0.15) is 42.3 Å². The van der Waals surface area contributed by atoms with Crippen LogP contribution in [-0.2, 0) is 4.79 Å². The smallest absolute Gasteiger partial charge is 0.318 e. The SMILES string of the molecule is Cc1cc(/C=C2/NC(=O)N(c3ccc(Cl)cc3)C2=O)c(C)n1-c1ccc(C(C)C)cc1. The molecule has 4 rings (SSSR count). The summed E-state index contributed by atoms with van der Waals surface area (Å²) >= 11 is 5.92. The summed E-state index contributed by atoms with van der Waals surface area (Å²) in [6, 6.07) is 16.6. The first kappa shape index (κ1) is 20.9. The summed E-state index contributed by atoms with van der Waals surface area (Å²) < 4.78 is 2.15. The van der Waals surface area contributed by atoms with Gasteiger partial charge in [-0.3, -0.25) is 4.79 Å². The first-order valence-electron chi connectivity index (χ1n) is 10.2. The van der Waals surface area contributed by atoms with Crippen molar-refractivity contribution in [2.45, 2.75) is 33.6 Å². The van der Waals surface area contributed by atoms with Crippen LogP contribution in [0.25, 0.3) is 11.8 Å². The van der Waals surface area contributed by atoms with Crippen LogP contribution in [0.15, 0.2) is 60.3 Å². The number of amides is 3. The van der Waals surface area contributed by atoms with E-state index in [1.54, 1.807) is 30.3 Å². The van der Waals surface area contributed by atoms with Crippen LogP contribution < -0.4 is 10.2 Å². The molecule has 0 unspecified atom stereocenters. The van der Waals surface area contributed by atoms with E-state index in [1.165, 1.54) is 5.56 Å². The lowest BCUT2D eigenvalue weighted by Gasteiger charge is -2.12. The second-order valence-electron chi connectivity index (χ2n) is 8.01. The van der Waals surface area contributed by atoms with E-state index in [9.17, 15) is 9.59 Å². The van der Waals surface area contributed by atoms with Gasteiger partial charge < -0.3 is 9.88 Å². The number of hydrogen-bond acceptors (Lipinski definition) is 2. The molecule has 158 valence electrons. The molecule has 6 heteroatoms. The zero-order valence-electron chi connectivity index (χ0n) is 17.9. The van der Waals surface area contributed by atoms with Crippen molar-refractivity contribution >= 4 is 35.3 Å². The number of halogens is 1. The van der Waals surface area contributed by atoms with E-state index in [4.69, 9.17) is 11.6 Å². The number of hydrogen-bond donors (Lipinski definition) is 1. The van der Waals surface area contributed by atoms with Gasteiger partial charge in [0.15, 0.2) is 0 Å². The van der Waals surface area contributed by atoms with Crippen LogP contribution in [0.2, 0.25) is 5.02 Å². The van der Waals surface area contributed by atoms with Crippen LogP contribution in [-0.4, -0.2) is 16.5 Å². The number of imide groups is 1. The van der Waals surface area contributed by atoms with Crippen LogP contribution in [0.4, 0.5) is 10.5 Å². The minimum absolute atomic E-state index is 0.246. The number of aryl methyl sites for hydroxylation is 1. The van der Waals surface area contributed by atoms with Crippen molar-refractivity contribution in [3.63, 3.8) is 0 Å². The number of benzene rings is 2. The van der Waals surface area contributed by atoms with E-state index in [0.717, 1.165) is 27.5 Å². The van der Waals surface area contributed by atoms with E-state index in [-0.39, 0.29) is 5.70 Å². The summed E-state index contributed by atoms with van der Waals surface area (Å²) in [6.45, 7) is 8.38. The second-order valence-corrected chi connectivity index (χ2v) is 8.45. The molecule has 3 aromatic rings. The number of rotatable bonds is 4. The van der Waals surface area contributed by atoms with Gasteiger partial charge in [-0.05, 0) is 79.4 Å². The highest BCUT2D eigenvalue weighted by Crippen LogP contribution is 2.27. The van der Waals surface area contributed by atoms with Crippen molar-refractivity contribution in [1.29, 1.82) is 0 Å². The fourth-order valence-corrected chi connectivity index (χ4v) is 3.98. The number of aromatic nitrogens is 1. The van der Waals surface area contributed by atoms with Gasteiger partial charge in [-0.25, -0.2) is 9.69 Å². The lowest BCUT2D eigenvalue weighted by molar-refractivity contribution is -0.113. The van der Waals surface area contributed by atoms with Crippen LogP contribution in [0, 0.1) is 13.8 Å². The van der Waals surface area contributed by atoms with Gasteiger partial charge in [-0.15, -0.1) is 0 Å². The summed E-state index contributed by atoms with van der Waals surface area (Å²) in [4.78, 5) is 26.5. The molecule has 1 N–H and O–H groups in total. The highest BCUT2D eigenvalue weighted by atomic mass is 35.5. The lowest BCUT2D eigenvalue weighted by Crippen LogP contribution is -2.30. The van der Waals surface area contributed by atoms with Gasteiger partial charge >= 0.3 is 6.03 Å². The van der Waals surface area contributed by atoms with Gasteiger partial charge in [0, 0.05) is 22.1 Å². The van der Waals surface area contributed by atoms with Gasteiger partial charge in [0.1, 0.15) is 5.70 Å². The molecule has 2 aromatic carbocycles. The van der Waals surface area contributed by atoms with E-state index < -0.39 is 11.9 Å². The number of carbonyl (C=O) groups excluding carboxylic acids is 2. The molecular formula is C25H24ClN3O2. The Hall–Kier alpha value is -3.31. The molecule has 0 spiro atoms. The number of anilines is 1. The summed E-state index contributed by atoms with van der Waals surface area (Å²) in [6.07, 6.45) is 1.73. The van der Waals surface area contributed by atoms with E-state index in [1.807, 2.05) is 19.9 Å². The standard InChI is InChI=1S/C25H24ClN3O2/c1-15(2)18-5-9-21(10-6-18)28-16(3)13-19(17(28)4)14-23-24(30)29(25(31)27-23)22-11-7-20(26)8-12-22/h5-15H,1-4H3,(H,27,31)/b23-14+. The molecule has 0 radical (unpaired) electrons. The third-order valence-corrected chi connectivity index (χ3v) is 5.80. The second kappa shape index (κ2) is 8.08. The molecule has 1 aliphatic heterocycles. The largest absolute Gasteiger partial charge is 0.333 e. The number of carbonyl (C=O) groups is 2. The predicted octanol–water partition coefficient (Wildman–Crippen LogP) is 5.97. The quantitative estimate of drug-likeness (QED) is 0.407. The Morgan fingerprint density at radius 3 is 2.16 bits per heavy atom. The first-order chi connectivity index (χ1) is 14.8. The summed E-state index contributed by atoms with van der Waals surface area (Å²) in [5, 5.41) is 3.23. The molecular weight excluding hydrogens is 410 g/mol. The molecule has 31 heavy (non-hydrogen) atoms. The third kappa shape index (κ3) is 3.89. The topological polar surface area (TPSA) is 54.3 Å². The van der Waals surface area contributed by atoms with Crippen molar-refractivity contribution < 1.29 is 9.59 Å². The molecule has 2 heterocycles. The van der Waals surface area contributed by atoms with E-state index in [2.05, 4.69) is 48.0 Å². The summed E-state index contributed by atoms with van der Waals surface area (Å²) in [5.74, 6) is 0.0835. The Labute approximate surface area is 186 Å². The average Bonchev–Trinajstić information content (AvgIpc) is 3.17. The Kier molecular flexibility index (Phi) is 5.46. The van der Waals surface area contributed by atoms with Gasteiger partial charge in [0.2, 0.25) is 0 Å². The maximum atomic E-state index is 12.9. The molecule has 0 bridgehead atoms. The van der Waals surface area contributed by atoms with Gasteiger partial charge in [-0.1, -0.05) is 37.6 Å². The Bertz CT molecular complexity index is 1190. The number of nitrogens with one attached hydrogen (secondary N) is 1.